The Labute approximate surface area is 757 Å². The summed E-state index contributed by atoms with van der Waals surface area (Å²) < 4.78 is 16.3. The first-order valence-electron chi connectivity index (χ1n) is 45.1. The van der Waals surface area contributed by atoms with Crippen molar-refractivity contribution in [1.82, 2.24) is 13.7 Å². The molecule has 0 saturated heterocycles. The predicted octanol–water partition coefficient (Wildman–Crippen LogP) is 35.7. The normalized spacial score (nSPS) is 12.0. The second kappa shape index (κ2) is 29.8. The number of benzene rings is 24. The molecule has 4 nitrogen and oxygen atoms in total. The quantitative estimate of drug-likeness (QED) is 0.146. The summed E-state index contributed by atoms with van der Waals surface area (Å²) in [5.74, 6) is 0. The molecular weight excluding hydrogens is 1600 g/mol. The molecule has 608 valence electrons. The van der Waals surface area contributed by atoms with E-state index in [0.717, 1.165) is 33.3 Å². The lowest BCUT2D eigenvalue weighted by Crippen LogP contribution is -1.97. The monoisotopic (exact) mass is 1680 g/mol. The molecule has 0 fully saturated rings. The lowest BCUT2D eigenvalue weighted by molar-refractivity contribution is 0.669. The molecule has 0 bridgehead atoms. The first-order valence-corrected chi connectivity index (χ1v) is 45.9. The molecule has 0 atom stereocenters. The van der Waals surface area contributed by atoms with E-state index in [2.05, 4.69) is 469 Å². The number of hydrogen-bond acceptors (Lipinski definition) is 2. The Bertz CT molecular complexity index is 9350. The molecule has 131 heavy (non-hydrogen) atoms. The highest BCUT2D eigenvalue weighted by molar-refractivity contribution is 7.26. The van der Waals surface area contributed by atoms with Crippen LogP contribution in [-0.4, -0.2) is 13.7 Å². The Morgan fingerprint density at radius 3 is 0.977 bits per heavy atom. The number of aromatic nitrogens is 3. The van der Waals surface area contributed by atoms with Crippen LogP contribution in [0.2, 0.25) is 0 Å². The van der Waals surface area contributed by atoms with Crippen LogP contribution in [0.3, 0.4) is 0 Å². The topological polar surface area (TPSA) is 27.9 Å². The van der Waals surface area contributed by atoms with Crippen LogP contribution in [0, 0.1) is 0 Å². The van der Waals surface area contributed by atoms with Crippen LogP contribution >= 0.6 is 11.3 Å². The fourth-order valence-corrected chi connectivity index (χ4v) is 23.1. The number of thiophene rings is 1. The number of nitrogens with zero attached hydrogens (tertiary/aromatic N) is 3. The predicted molar refractivity (Wildman–Crippen MR) is 562 cm³/mol. The van der Waals surface area contributed by atoms with Gasteiger partial charge in [-0.3, -0.25) is 0 Å². The summed E-state index contributed by atoms with van der Waals surface area (Å²) in [6.45, 7) is 0. The van der Waals surface area contributed by atoms with E-state index in [1.165, 1.54) is 233 Å². The van der Waals surface area contributed by atoms with Crippen LogP contribution in [0.1, 0.15) is 0 Å². The van der Waals surface area contributed by atoms with Crippen molar-refractivity contribution in [1.29, 1.82) is 0 Å². The maximum absolute atomic E-state index is 6.23. The molecule has 5 heterocycles. The van der Waals surface area contributed by atoms with Crippen LogP contribution in [0.5, 0.6) is 0 Å². The molecule has 0 N–H and O–H groups in total. The molecule has 5 heteroatoms. The number of furan rings is 1. The highest BCUT2D eigenvalue weighted by Gasteiger charge is 2.25. The second-order valence-corrected chi connectivity index (χ2v) is 35.8. The zero-order chi connectivity index (χ0) is 85.9. The fourth-order valence-electron chi connectivity index (χ4n) is 22.0. The first-order chi connectivity index (χ1) is 65.0. The van der Waals surface area contributed by atoms with Gasteiger partial charge in [-0.15, -0.1) is 11.3 Å². The van der Waals surface area contributed by atoms with E-state index in [1.54, 1.807) is 0 Å². The summed E-state index contributed by atoms with van der Waals surface area (Å²) in [5.41, 5.74) is 22.4. The number of hydrogen-bond donors (Lipinski definition) is 0. The van der Waals surface area contributed by atoms with Crippen molar-refractivity contribution in [3.05, 3.63) is 467 Å². The summed E-state index contributed by atoms with van der Waals surface area (Å²) in [6, 6.07) is 171. The molecule has 0 unspecified atom stereocenters. The van der Waals surface area contributed by atoms with E-state index in [4.69, 9.17) is 4.42 Å². The van der Waals surface area contributed by atoms with E-state index < -0.39 is 0 Å². The molecule has 0 aliphatic carbocycles. The molecule has 0 aliphatic heterocycles. The summed E-state index contributed by atoms with van der Waals surface area (Å²) in [7, 11) is 0. The third kappa shape index (κ3) is 11.7. The third-order valence-electron chi connectivity index (χ3n) is 27.6. The lowest BCUT2D eigenvalue weighted by atomic mass is 9.93. The Morgan fingerprint density at radius 1 is 0.153 bits per heavy atom. The molecule has 0 amide bonds. The van der Waals surface area contributed by atoms with E-state index in [1.807, 2.05) is 23.5 Å². The van der Waals surface area contributed by atoms with Gasteiger partial charge in [0.25, 0.3) is 0 Å². The Morgan fingerprint density at radius 2 is 0.481 bits per heavy atom. The molecule has 0 aliphatic rings. The molecular formula is C126H77N3OS. The summed E-state index contributed by atoms with van der Waals surface area (Å²) >= 11 is 1.87. The highest BCUT2D eigenvalue weighted by Crippen LogP contribution is 2.50. The Kier molecular flexibility index (Phi) is 16.9. The van der Waals surface area contributed by atoms with Gasteiger partial charge >= 0.3 is 0 Å². The van der Waals surface area contributed by atoms with Crippen molar-refractivity contribution in [3.63, 3.8) is 0 Å². The van der Waals surface area contributed by atoms with Crippen molar-refractivity contribution in [2.75, 3.05) is 0 Å². The SMILES string of the molecule is c1cc(-c2cccc3oc4ccccc4c23)cc(-n2c3ccccc3c3cc4c5ccccc5c5ccccc5c4cc32)c1.c1cc(-c2cccc3sc4ccccc4c23)cc(-n2c3ccccc3c3cc4c5ccccc5c5ccccc5c4cc32)c1.c1ccc(-c2cc(-c3ccccc3)cc(-n3c4ccccc4c4ccc5c6ccccc6c6ccccc6c5c43)c2)cc1. The van der Waals surface area contributed by atoms with Gasteiger partial charge in [-0.2, -0.15) is 0 Å². The smallest absolute Gasteiger partial charge is 0.136 e. The largest absolute Gasteiger partial charge is 0.456 e. The first kappa shape index (κ1) is 74.3. The van der Waals surface area contributed by atoms with Crippen LogP contribution in [0.15, 0.2) is 472 Å². The van der Waals surface area contributed by atoms with E-state index in [-0.39, 0.29) is 0 Å². The van der Waals surface area contributed by atoms with Crippen LogP contribution in [0.25, 0.3) is 266 Å². The van der Waals surface area contributed by atoms with Gasteiger partial charge in [0.15, 0.2) is 0 Å². The van der Waals surface area contributed by atoms with Gasteiger partial charge in [0, 0.05) is 85.7 Å². The van der Waals surface area contributed by atoms with Gasteiger partial charge in [0.1, 0.15) is 11.2 Å². The van der Waals surface area contributed by atoms with Crippen molar-refractivity contribution < 1.29 is 4.42 Å². The van der Waals surface area contributed by atoms with Crippen molar-refractivity contribution in [2.45, 2.75) is 0 Å². The minimum Gasteiger partial charge on any atom is -0.456 e. The minimum absolute atomic E-state index is 0.913. The Hall–Kier alpha value is -17.0. The number of para-hydroxylation sites is 4. The van der Waals surface area contributed by atoms with Crippen LogP contribution < -0.4 is 0 Å². The van der Waals surface area contributed by atoms with Gasteiger partial charge in [-0.1, -0.05) is 358 Å². The molecule has 5 aromatic heterocycles. The maximum Gasteiger partial charge on any atom is 0.136 e. The zero-order valence-electron chi connectivity index (χ0n) is 71.1. The molecule has 24 aromatic carbocycles. The summed E-state index contributed by atoms with van der Waals surface area (Å²) in [4.78, 5) is 0. The Balaban J connectivity index is 0.000000101. The molecule has 0 spiro atoms. The lowest BCUT2D eigenvalue weighted by Gasteiger charge is -2.16. The highest BCUT2D eigenvalue weighted by atomic mass is 32.1. The second-order valence-electron chi connectivity index (χ2n) is 34.7. The average Bonchev–Trinajstić information content (AvgIpc) is 1.59. The number of fused-ring (bicyclic) bond motifs is 34. The molecule has 29 aromatic rings. The van der Waals surface area contributed by atoms with E-state index in [0.29, 0.717) is 0 Å². The molecule has 0 saturated carbocycles. The summed E-state index contributed by atoms with van der Waals surface area (Å²) in [5, 5.41) is 35.9. The average molecular weight is 1680 g/mol. The summed E-state index contributed by atoms with van der Waals surface area (Å²) in [6.07, 6.45) is 0. The van der Waals surface area contributed by atoms with Crippen LogP contribution in [0.4, 0.5) is 0 Å². The zero-order valence-corrected chi connectivity index (χ0v) is 71.9. The van der Waals surface area contributed by atoms with Crippen molar-refractivity contribution in [2.24, 2.45) is 0 Å². The van der Waals surface area contributed by atoms with Crippen molar-refractivity contribution >= 4 is 216 Å². The molecule has 0 radical (unpaired) electrons. The standard InChI is InChI=1S/C42H25NO.C42H25NS.C42H27N/c2*1-3-15-31-29(13-1)30-14-2-4-16-32(30)36-25-39-37(24-35(31)36)33-17-5-7-20-38(33)43(39)27-12-9-11-26(23-27)28-19-10-22-41-42(28)34-18-6-8-21-40(34)44-41;1-3-13-28(14-4-1)30-25-31(29-15-5-2-6-16-29)27-32(26-30)43-40-22-12-11-20-36(40)39-24-23-38-35-19-8-7-17-33(35)34-18-9-10-21-37(34)41(38)42(39)43/h2*1-25H;1-27H. The van der Waals surface area contributed by atoms with Crippen molar-refractivity contribution in [3.8, 4) is 61.6 Å². The van der Waals surface area contributed by atoms with Crippen LogP contribution in [-0.2, 0) is 0 Å². The van der Waals surface area contributed by atoms with E-state index >= 15 is 0 Å². The maximum atomic E-state index is 6.23. The van der Waals surface area contributed by atoms with Gasteiger partial charge < -0.3 is 18.1 Å². The van der Waals surface area contributed by atoms with Gasteiger partial charge in [0.2, 0.25) is 0 Å². The minimum atomic E-state index is 0.913. The van der Waals surface area contributed by atoms with E-state index in [9.17, 15) is 0 Å². The van der Waals surface area contributed by atoms with Gasteiger partial charge in [-0.25, -0.2) is 0 Å². The number of rotatable bonds is 7. The van der Waals surface area contributed by atoms with Gasteiger partial charge in [-0.05, 0) is 245 Å². The third-order valence-corrected chi connectivity index (χ3v) is 28.8. The molecule has 29 rings (SSSR count). The van der Waals surface area contributed by atoms with Gasteiger partial charge in [0.05, 0.1) is 33.1 Å². The fraction of sp³-hybridized carbons (Fsp3) is 0.